The molecule has 6 nitrogen and oxygen atoms in total. The Hall–Kier alpha value is -2.90. The highest BCUT2D eigenvalue weighted by atomic mass is 79.9. The maximum absolute atomic E-state index is 13.7. The van der Waals surface area contributed by atoms with Gasteiger partial charge in [-0.2, -0.15) is 0 Å². The summed E-state index contributed by atoms with van der Waals surface area (Å²) in [5.74, 6) is -0.353. The monoisotopic (exact) mass is 581 g/mol. The molecule has 0 fully saturated rings. The number of hydrogen-bond acceptors (Lipinski definition) is 3. The van der Waals surface area contributed by atoms with Gasteiger partial charge in [-0.3, -0.25) is 9.59 Å². The highest BCUT2D eigenvalue weighted by Gasteiger charge is 2.27. The molecule has 0 spiro atoms. The first kappa shape index (κ1) is 29.7. The molecule has 1 heterocycles. The molecule has 0 saturated carbocycles. The molecule has 0 aliphatic carbocycles. The van der Waals surface area contributed by atoms with E-state index in [9.17, 15) is 9.59 Å². The number of rotatable bonds is 15. The third-order valence-corrected chi connectivity index (χ3v) is 7.32. The highest BCUT2D eigenvalue weighted by Crippen LogP contribution is 2.22. The summed E-state index contributed by atoms with van der Waals surface area (Å²) >= 11 is 3.50. The highest BCUT2D eigenvalue weighted by molar-refractivity contribution is 9.10. The van der Waals surface area contributed by atoms with E-state index in [1.807, 2.05) is 60.4 Å². The van der Waals surface area contributed by atoms with E-state index in [-0.39, 0.29) is 24.3 Å². The van der Waals surface area contributed by atoms with E-state index in [0.717, 1.165) is 35.1 Å². The summed E-state index contributed by atoms with van der Waals surface area (Å²) in [6.45, 7) is 6.84. The fourth-order valence-electron chi connectivity index (χ4n) is 4.56. The van der Waals surface area contributed by atoms with Gasteiger partial charge in [0.25, 0.3) is 0 Å². The molecule has 0 aliphatic heterocycles. The van der Waals surface area contributed by atoms with Gasteiger partial charge >= 0.3 is 0 Å². The van der Waals surface area contributed by atoms with Crippen molar-refractivity contribution >= 4 is 27.7 Å². The lowest BCUT2D eigenvalue weighted by atomic mass is 9.95. The normalized spacial score (nSPS) is 11.8. The number of amides is 2. The Morgan fingerprint density at radius 2 is 1.68 bits per heavy atom. The summed E-state index contributed by atoms with van der Waals surface area (Å²) in [6, 6.07) is 22.2. The lowest BCUT2D eigenvalue weighted by Gasteiger charge is -2.30. The Morgan fingerprint density at radius 1 is 0.947 bits per heavy atom. The summed E-state index contributed by atoms with van der Waals surface area (Å²) < 4.78 is 8.53. The molecule has 1 unspecified atom stereocenters. The summed E-state index contributed by atoms with van der Waals surface area (Å²) in [5, 5.41) is 0. The van der Waals surface area contributed by atoms with E-state index in [1.54, 1.807) is 12.0 Å². The molecule has 1 aromatic heterocycles. The first-order valence-electron chi connectivity index (χ1n) is 13.5. The van der Waals surface area contributed by atoms with Gasteiger partial charge in [-0.25, -0.2) is 0 Å². The maximum atomic E-state index is 13.7. The predicted octanol–water partition coefficient (Wildman–Crippen LogP) is 6.10. The van der Waals surface area contributed by atoms with Crippen LogP contribution in [0.5, 0.6) is 0 Å². The predicted molar refractivity (Wildman–Crippen MR) is 156 cm³/mol. The van der Waals surface area contributed by atoms with Crippen molar-refractivity contribution < 1.29 is 14.3 Å². The minimum Gasteiger partial charge on any atom is -0.383 e. The molecule has 2 amide bonds. The molecule has 0 saturated heterocycles. The first-order chi connectivity index (χ1) is 18.5. The van der Waals surface area contributed by atoms with Gasteiger partial charge in [-0.15, -0.1) is 0 Å². The molecular formula is C31H40BrN3O3. The van der Waals surface area contributed by atoms with Crippen LogP contribution < -0.4 is 0 Å². The van der Waals surface area contributed by atoms with Crippen molar-refractivity contribution in [3.05, 3.63) is 94.2 Å². The Bertz CT molecular complexity index is 1130. The minimum atomic E-state index is -0.284. The third kappa shape index (κ3) is 8.57. The SMILES string of the molecule is CCCCN(Cc1cccn1Cc1ccc(Br)cc1)C(=O)CN(CCOC)C(=O)C(CC)c1ccccc1. The average molecular weight is 583 g/mol. The van der Waals surface area contributed by atoms with Crippen LogP contribution in [0.1, 0.15) is 55.8 Å². The standard InChI is InChI=1S/C31H40BrN3O3/c1-4-6-18-34(23-28-13-10-19-33(28)22-25-14-16-27(32)17-15-25)30(36)24-35(20-21-38-3)31(37)29(5-2)26-11-8-7-9-12-26/h7-17,19,29H,4-6,18,20-24H2,1-3H3. The van der Waals surface area contributed by atoms with E-state index in [1.165, 1.54) is 5.56 Å². The molecular weight excluding hydrogens is 542 g/mol. The second-order valence-corrected chi connectivity index (χ2v) is 10.5. The van der Waals surface area contributed by atoms with E-state index < -0.39 is 0 Å². The van der Waals surface area contributed by atoms with Crippen LogP contribution in [0.15, 0.2) is 77.4 Å². The number of carbonyl (C=O) groups is 2. The Kier molecular flexibility index (Phi) is 12.1. The molecule has 2 aromatic carbocycles. The molecule has 1 atom stereocenters. The van der Waals surface area contributed by atoms with Crippen LogP contribution >= 0.6 is 15.9 Å². The van der Waals surface area contributed by atoms with E-state index in [0.29, 0.717) is 32.7 Å². The molecule has 3 rings (SSSR count). The molecule has 7 heteroatoms. The van der Waals surface area contributed by atoms with Crippen LogP contribution in [0.3, 0.4) is 0 Å². The van der Waals surface area contributed by atoms with Crippen molar-refractivity contribution in [2.75, 3.05) is 33.4 Å². The van der Waals surface area contributed by atoms with Crippen molar-refractivity contribution in [3.8, 4) is 0 Å². The van der Waals surface area contributed by atoms with Crippen LogP contribution in [0.25, 0.3) is 0 Å². The van der Waals surface area contributed by atoms with Crippen LogP contribution in [0.4, 0.5) is 0 Å². The quantitative estimate of drug-likeness (QED) is 0.218. The van der Waals surface area contributed by atoms with Crippen molar-refractivity contribution in [2.45, 2.75) is 52.1 Å². The van der Waals surface area contributed by atoms with Gasteiger partial charge in [0.1, 0.15) is 0 Å². The van der Waals surface area contributed by atoms with Gasteiger partial charge in [0.15, 0.2) is 0 Å². The third-order valence-electron chi connectivity index (χ3n) is 6.79. The molecule has 38 heavy (non-hydrogen) atoms. The lowest BCUT2D eigenvalue weighted by Crippen LogP contribution is -2.45. The number of aromatic nitrogens is 1. The number of carbonyl (C=O) groups excluding carboxylic acids is 2. The van der Waals surface area contributed by atoms with Gasteiger partial charge in [-0.05, 0) is 48.2 Å². The zero-order chi connectivity index (χ0) is 27.3. The van der Waals surface area contributed by atoms with Gasteiger partial charge in [0.05, 0.1) is 25.6 Å². The first-order valence-corrected chi connectivity index (χ1v) is 14.2. The van der Waals surface area contributed by atoms with E-state index >= 15 is 0 Å². The van der Waals surface area contributed by atoms with Gasteiger partial charge in [0, 0.05) is 43.1 Å². The lowest BCUT2D eigenvalue weighted by molar-refractivity contribution is -0.142. The van der Waals surface area contributed by atoms with Crippen LogP contribution in [0.2, 0.25) is 0 Å². The molecule has 0 bridgehead atoms. The fourth-order valence-corrected chi connectivity index (χ4v) is 4.83. The molecule has 0 aliphatic rings. The summed E-state index contributed by atoms with van der Waals surface area (Å²) in [4.78, 5) is 30.9. The van der Waals surface area contributed by atoms with Crippen LogP contribution in [-0.2, 0) is 27.4 Å². The number of ether oxygens (including phenoxy) is 1. The number of halogens is 1. The van der Waals surface area contributed by atoms with E-state index in [2.05, 4.69) is 51.8 Å². The molecule has 0 N–H and O–H groups in total. The zero-order valence-corrected chi connectivity index (χ0v) is 24.4. The zero-order valence-electron chi connectivity index (χ0n) is 22.8. The van der Waals surface area contributed by atoms with Gasteiger partial charge in [0.2, 0.25) is 11.8 Å². The number of unbranched alkanes of at least 4 members (excludes halogenated alkanes) is 1. The number of nitrogens with zero attached hydrogens (tertiary/aromatic N) is 3. The average Bonchev–Trinajstić information content (AvgIpc) is 3.37. The number of benzene rings is 2. The van der Waals surface area contributed by atoms with E-state index in [4.69, 9.17) is 4.74 Å². The Balaban J connectivity index is 1.76. The van der Waals surface area contributed by atoms with Gasteiger partial charge in [-0.1, -0.05) is 78.7 Å². The van der Waals surface area contributed by atoms with Gasteiger partial charge < -0.3 is 19.1 Å². The topological polar surface area (TPSA) is 54.8 Å². The van der Waals surface area contributed by atoms with Crippen molar-refractivity contribution in [3.63, 3.8) is 0 Å². The van der Waals surface area contributed by atoms with Crippen LogP contribution in [-0.4, -0.2) is 59.5 Å². The Morgan fingerprint density at radius 3 is 2.34 bits per heavy atom. The molecule has 0 radical (unpaired) electrons. The van der Waals surface area contributed by atoms with Crippen molar-refractivity contribution in [1.82, 2.24) is 14.4 Å². The van der Waals surface area contributed by atoms with Crippen LogP contribution in [0, 0.1) is 0 Å². The smallest absolute Gasteiger partial charge is 0.242 e. The molecule has 3 aromatic rings. The summed E-state index contributed by atoms with van der Waals surface area (Å²) in [5.41, 5.74) is 3.24. The fraction of sp³-hybridized carbons (Fsp3) is 0.419. The minimum absolute atomic E-state index is 0.0295. The Labute approximate surface area is 235 Å². The van der Waals surface area contributed by atoms with Crippen molar-refractivity contribution in [1.29, 1.82) is 0 Å². The molecule has 204 valence electrons. The number of methoxy groups -OCH3 is 1. The number of hydrogen-bond donors (Lipinski definition) is 0. The summed E-state index contributed by atoms with van der Waals surface area (Å²) in [6.07, 6.45) is 4.62. The largest absolute Gasteiger partial charge is 0.383 e. The maximum Gasteiger partial charge on any atom is 0.242 e. The second kappa shape index (κ2) is 15.5. The second-order valence-electron chi connectivity index (χ2n) is 9.55. The summed E-state index contributed by atoms with van der Waals surface area (Å²) in [7, 11) is 1.62. The van der Waals surface area contributed by atoms with Crippen molar-refractivity contribution in [2.24, 2.45) is 0 Å².